The molecular formula is C27H29N5O3. The van der Waals surface area contributed by atoms with Gasteiger partial charge in [0.25, 0.3) is 0 Å². The fourth-order valence-corrected chi connectivity index (χ4v) is 4.05. The van der Waals surface area contributed by atoms with Crippen molar-refractivity contribution in [3.8, 4) is 11.5 Å². The minimum atomic E-state index is -0.321. The van der Waals surface area contributed by atoms with Crippen molar-refractivity contribution < 1.29 is 14.3 Å². The van der Waals surface area contributed by atoms with Crippen molar-refractivity contribution in [1.29, 1.82) is 0 Å². The van der Waals surface area contributed by atoms with E-state index in [9.17, 15) is 4.79 Å². The molecule has 8 heteroatoms. The first-order chi connectivity index (χ1) is 17.2. The van der Waals surface area contributed by atoms with Crippen LogP contribution in [0.5, 0.6) is 11.5 Å². The molecule has 5 rings (SSSR count). The lowest BCUT2D eigenvalue weighted by Crippen LogP contribution is -2.29. The second-order valence-corrected chi connectivity index (χ2v) is 8.52. The Bertz CT molecular complexity index is 1250. The fourth-order valence-electron chi connectivity index (χ4n) is 4.05. The molecule has 0 saturated carbocycles. The number of rotatable bonds is 9. The van der Waals surface area contributed by atoms with Gasteiger partial charge in [0.2, 0.25) is 0 Å². The predicted octanol–water partition coefficient (Wildman–Crippen LogP) is 5.24. The van der Waals surface area contributed by atoms with Gasteiger partial charge in [0, 0.05) is 42.7 Å². The Hall–Kier alpha value is -3.88. The van der Waals surface area contributed by atoms with Gasteiger partial charge in [0.05, 0.1) is 18.2 Å². The maximum absolute atomic E-state index is 12.5. The van der Waals surface area contributed by atoms with E-state index in [0.29, 0.717) is 23.2 Å². The van der Waals surface area contributed by atoms with Gasteiger partial charge in [-0.2, -0.15) is 5.10 Å². The number of ether oxygens (including phenoxy) is 2. The first-order valence-electron chi connectivity index (χ1n) is 11.9. The number of carbonyl (C=O) groups excluding carboxylic acids is 1. The molecule has 1 saturated heterocycles. The van der Waals surface area contributed by atoms with Crippen molar-refractivity contribution in [2.45, 2.75) is 25.5 Å². The number of amides is 2. The molecule has 35 heavy (non-hydrogen) atoms. The lowest BCUT2D eigenvalue weighted by molar-refractivity contribution is 0.110. The first kappa shape index (κ1) is 22.9. The van der Waals surface area contributed by atoms with E-state index < -0.39 is 0 Å². The molecule has 3 N–H and O–H groups in total. The summed E-state index contributed by atoms with van der Waals surface area (Å²) in [4.78, 5) is 12.5. The van der Waals surface area contributed by atoms with Crippen LogP contribution in [0.25, 0.3) is 10.9 Å². The van der Waals surface area contributed by atoms with Gasteiger partial charge in [-0.3, -0.25) is 4.68 Å². The molecule has 1 atom stereocenters. The maximum Gasteiger partial charge on any atom is 0.323 e. The minimum absolute atomic E-state index is 0.321. The van der Waals surface area contributed by atoms with Gasteiger partial charge in [-0.15, -0.1) is 0 Å². The highest BCUT2D eigenvalue weighted by Crippen LogP contribution is 2.23. The summed E-state index contributed by atoms with van der Waals surface area (Å²) in [6, 6.07) is 22.2. The van der Waals surface area contributed by atoms with E-state index in [4.69, 9.17) is 9.47 Å². The molecule has 1 aliphatic rings. The van der Waals surface area contributed by atoms with Gasteiger partial charge in [-0.05, 0) is 67.4 Å². The number of anilines is 2. The SMILES string of the molecule is O=C(Nc1ccc(Oc2ccccc2)cc1)Nc1ccc2cn(CCNCC3CCCO3)nc2c1. The third-order valence-electron chi connectivity index (χ3n) is 5.82. The summed E-state index contributed by atoms with van der Waals surface area (Å²) in [5.74, 6) is 1.46. The normalized spacial score (nSPS) is 15.3. The highest BCUT2D eigenvalue weighted by Gasteiger charge is 2.14. The summed E-state index contributed by atoms with van der Waals surface area (Å²) in [7, 11) is 0. The highest BCUT2D eigenvalue weighted by molar-refractivity contribution is 6.00. The average Bonchev–Trinajstić information content (AvgIpc) is 3.53. The standard InChI is InChI=1S/C27H29N5O3/c33-27(29-21-10-12-24(13-11-21)35-23-5-2-1-3-6-23)30-22-9-8-20-19-32(31-26(20)17-22)15-14-28-18-25-7-4-16-34-25/h1-3,5-6,8-13,17,19,25,28H,4,7,14-16,18H2,(H2,29,30,33). The van der Waals surface area contributed by atoms with Crippen LogP contribution in [0.3, 0.4) is 0 Å². The molecule has 4 aromatic rings. The van der Waals surface area contributed by atoms with Gasteiger partial charge in [-0.1, -0.05) is 18.2 Å². The van der Waals surface area contributed by atoms with E-state index in [2.05, 4.69) is 21.0 Å². The van der Waals surface area contributed by atoms with E-state index >= 15 is 0 Å². The van der Waals surface area contributed by atoms with Crippen LogP contribution in [-0.4, -0.2) is 41.6 Å². The van der Waals surface area contributed by atoms with Crippen LogP contribution < -0.4 is 20.7 Å². The maximum atomic E-state index is 12.5. The van der Waals surface area contributed by atoms with Crippen LogP contribution in [0.15, 0.2) is 79.0 Å². The van der Waals surface area contributed by atoms with Crippen molar-refractivity contribution in [3.05, 3.63) is 79.0 Å². The second kappa shape index (κ2) is 11.0. The van der Waals surface area contributed by atoms with E-state index in [0.717, 1.165) is 55.7 Å². The Morgan fingerprint density at radius 1 is 1.00 bits per heavy atom. The molecule has 180 valence electrons. The van der Waals surface area contributed by atoms with Crippen LogP contribution >= 0.6 is 0 Å². The number of para-hydroxylation sites is 1. The molecule has 1 aliphatic heterocycles. The molecule has 0 aliphatic carbocycles. The Balaban J connectivity index is 1.11. The minimum Gasteiger partial charge on any atom is -0.457 e. The third kappa shape index (κ3) is 6.38. The number of fused-ring (bicyclic) bond motifs is 1. The zero-order valence-corrected chi connectivity index (χ0v) is 19.4. The number of aromatic nitrogens is 2. The Kier molecular flexibility index (Phi) is 7.21. The summed E-state index contributed by atoms with van der Waals surface area (Å²) < 4.78 is 13.3. The topological polar surface area (TPSA) is 89.4 Å². The van der Waals surface area contributed by atoms with Gasteiger partial charge in [-0.25, -0.2) is 4.79 Å². The summed E-state index contributed by atoms with van der Waals surface area (Å²) in [6.45, 7) is 3.36. The fraction of sp³-hybridized carbons (Fsp3) is 0.259. The quantitative estimate of drug-likeness (QED) is 0.291. The lowest BCUT2D eigenvalue weighted by Gasteiger charge is -2.10. The number of benzene rings is 3. The first-order valence-corrected chi connectivity index (χ1v) is 11.9. The third-order valence-corrected chi connectivity index (χ3v) is 5.82. The number of carbonyl (C=O) groups is 1. The Morgan fingerprint density at radius 2 is 1.77 bits per heavy atom. The van der Waals surface area contributed by atoms with Crippen molar-refractivity contribution in [3.63, 3.8) is 0 Å². The molecule has 8 nitrogen and oxygen atoms in total. The second-order valence-electron chi connectivity index (χ2n) is 8.52. The van der Waals surface area contributed by atoms with Crippen LogP contribution in [0.2, 0.25) is 0 Å². The molecule has 1 fully saturated rings. The molecule has 1 unspecified atom stereocenters. The number of urea groups is 1. The summed E-state index contributed by atoms with van der Waals surface area (Å²) in [6.07, 6.45) is 4.65. The van der Waals surface area contributed by atoms with E-state index in [1.165, 1.54) is 0 Å². The zero-order chi connectivity index (χ0) is 23.9. The molecular weight excluding hydrogens is 442 g/mol. The predicted molar refractivity (Wildman–Crippen MR) is 137 cm³/mol. The molecule has 0 spiro atoms. The summed E-state index contributed by atoms with van der Waals surface area (Å²) in [5, 5.41) is 14.8. The van der Waals surface area contributed by atoms with E-state index in [1.807, 2.05) is 71.5 Å². The van der Waals surface area contributed by atoms with Crippen LogP contribution in [0, 0.1) is 0 Å². The number of hydrogen-bond acceptors (Lipinski definition) is 5. The van der Waals surface area contributed by atoms with Gasteiger partial charge in [0.15, 0.2) is 0 Å². The van der Waals surface area contributed by atoms with Crippen molar-refractivity contribution in [2.75, 3.05) is 30.3 Å². The summed E-state index contributed by atoms with van der Waals surface area (Å²) in [5.41, 5.74) is 2.19. The molecule has 0 radical (unpaired) electrons. The van der Waals surface area contributed by atoms with E-state index in [-0.39, 0.29) is 6.03 Å². The van der Waals surface area contributed by atoms with Crippen molar-refractivity contribution in [1.82, 2.24) is 15.1 Å². The average molecular weight is 472 g/mol. The molecule has 2 heterocycles. The highest BCUT2D eigenvalue weighted by atomic mass is 16.5. The summed E-state index contributed by atoms with van der Waals surface area (Å²) >= 11 is 0. The Morgan fingerprint density at radius 3 is 2.57 bits per heavy atom. The largest absolute Gasteiger partial charge is 0.457 e. The number of nitrogens with one attached hydrogen (secondary N) is 3. The smallest absolute Gasteiger partial charge is 0.323 e. The van der Waals surface area contributed by atoms with Crippen LogP contribution in [0.1, 0.15) is 12.8 Å². The molecule has 0 bridgehead atoms. The molecule has 1 aromatic heterocycles. The van der Waals surface area contributed by atoms with Crippen LogP contribution in [0.4, 0.5) is 16.2 Å². The monoisotopic (exact) mass is 471 g/mol. The lowest BCUT2D eigenvalue weighted by atomic mass is 10.2. The van der Waals surface area contributed by atoms with Gasteiger partial charge >= 0.3 is 6.03 Å². The van der Waals surface area contributed by atoms with Crippen LogP contribution in [-0.2, 0) is 11.3 Å². The Labute approximate surface area is 204 Å². The zero-order valence-electron chi connectivity index (χ0n) is 19.4. The molecule has 2 amide bonds. The number of hydrogen-bond donors (Lipinski definition) is 3. The van der Waals surface area contributed by atoms with Gasteiger partial charge in [0.1, 0.15) is 11.5 Å². The molecule has 3 aromatic carbocycles. The van der Waals surface area contributed by atoms with Gasteiger partial charge < -0.3 is 25.4 Å². The van der Waals surface area contributed by atoms with Crippen molar-refractivity contribution in [2.24, 2.45) is 0 Å². The number of nitrogens with zero attached hydrogens (tertiary/aromatic N) is 2. The van der Waals surface area contributed by atoms with Crippen molar-refractivity contribution >= 4 is 28.3 Å². The van der Waals surface area contributed by atoms with E-state index in [1.54, 1.807) is 12.1 Å².